The molecular weight excluding hydrogens is 280 g/mol. The van der Waals surface area contributed by atoms with Gasteiger partial charge in [-0.15, -0.1) is 0 Å². The molecule has 1 atom stereocenters. The van der Waals surface area contributed by atoms with Gasteiger partial charge >= 0.3 is 0 Å². The van der Waals surface area contributed by atoms with Crippen LogP contribution in [0.15, 0.2) is 0 Å². The molecule has 122 valence electrons. The summed E-state index contributed by atoms with van der Waals surface area (Å²) in [5.41, 5.74) is 5.45. The van der Waals surface area contributed by atoms with E-state index in [-0.39, 0.29) is 5.91 Å². The molecule has 4 heteroatoms. The lowest BCUT2D eigenvalue weighted by molar-refractivity contribution is -0.143. The van der Waals surface area contributed by atoms with Crippen LogP contribution in [0.5, 0.6) is 0 Å². The van der Waals surface area contributed by atoms with E-state index in [1.807, 2.05) is 0 Å². The molecule has 0 aliphatic carbocycles. The molecule has 0 saturated carbocycles. The average molecular weight is 313 g/mol. The van der Waals surface area contributed by atoms with Gasteiger partial charge in [-0.05, 0) is 38.5 Å². The third-order valence-corrected chi connectivity index (χ3v) is 5.14. The van der Waals surface area contributed by atoms with Crippen molar-refractivity contribution in [2.45, 2.75) is 84.6 Å². The van der Waals surface area contributed by atoms with Gasteiger partial charge in [-0.25, -0.2) is 0 Å². The zero-order valence-electron chi connectivity index (χ0n) is 14.0. The van der Waals surface area contributed by atoms with Gasteiger partial charge in [0, 0.05) is 12.6 Å². The van der Waals surface area contributed by atoms with Gasteiger partial charge in [-0.1, -0.05) is 52.3 Å². The van der Waals surface area contributed by atoms with Crippen LogP contribution in [-0.4, -0.2) is 28.4 Å². The number of thiocarbonyl (C=S) groups is 1. The number of likely N-dealkylation sites (tertiary alicyclic amines) is 1. The van der Waals surface area contributed by atoms with E-state index in [0.717, 1.165) is 57.9 Å². The Hall–Kier alpha value is -0.640. The Balaban J connectivity index is 3.04. The highest BCUT2D eigenvalue weighted by Gasteiger charge is 2.44. The smallest absolute Gasteiger partial charge is 0.235 e. The lowest BCUT2D eigenvalue weighted by Gasteiger charge is -2.42. The predicted octanol–water partition coefficient (Wildman–Crippen LogP) is 4.04. The first-order chi connectivity index (χ1) is 10.0. The first kappa shape index (κ1) is 18.4. The largest absolute Gasteiger partial charge is 0.392 e. The number of nitrogens with zero attached hydrogens (tertiary/aromatic N) is 1. The Morgan fingerprint density at radius 2 is 1.81 bits per heavy atom. The molecule has 0 radical (unpaired) electrons. The molecular formula is C17H32N2OS. The number of hydrogen-bond donors (Lipinski definition) is 1. The van der Waals surface area contributed by atoms with Gasteiger partial charge in [-0.3, -0.25) is 4.79 Å². The quantitative estimate of drug-likeness (QED) is 0.688. The van der Waals surface area contributed by atoms with Gasteiger partial charge in [0.05, 0.1) is 10.4 Å². The minimum atomic E-state index is -0.609. The number of nitrogens with two attached hydrogens (primary N) is 1. The van der Waals surface area contributed by atoms with Gasteiger partial charge in [-0.2, -0.15) is 0 Å². The normalized spacial score (nSPS) is 19.6. The van der Waals surface area contributed by atoms with Crippen LogP contribution in [0.25, 0.3) is 0 Å². The molecule has 0 aromatic rings. The van der Waals surface area contributed by atoms with E-state index in [1.165, 1.54) is 6.42 Å². The average Bonchev–Trinajstić information content (AvgIpc) is 2.47. The van der Waals surface area contributed by atoms with Crippen molar-refractivity contribution in [1.82, 2.24) is 4.90 Å². The molecule has 2 N–H and O–H groups in total. The summed E-state index contributed by atoms with van der Waals surface area (Å²) >= 11 is 5.34. The highest BCUT2D eigenvalue weighted by atomic mass is 32.1. The summed E-state index contributed by atoms with van der Waals surface area (Å²) < 4.78 is 0. The number of carbonyl (C=O) groups is 1. The van der Waals surface area contributed by atoms with Crippen molar-refractivity contribution in [3.63, 3.8) is 0 Å². The lowest BCUT2D eigenvalue weighted by Crippen LogP contribution is -2.55. The standard InChI is InChI=1S/C17H32N2OS/c1-4-9-14-10-7-8-13-19(14)16(20)17(11-5-2,12-6-3)15(18)21/h14H,4-13H2,1-3H3,(H2,18,21). The number of piperidine rings is 1. The van der Waals surface area contributed by atoms with E-state index in [2.05, 4.69) is 25.7 Å². The van der Waals surface area contributed by atoms with Crippen LogP contribution in [0, 0.1) is 5.41 Å². The molecule has 21 heavy (non-hydrogen) atoms. The van der Waals surface area contributed by atoms with Gasteiger partial charge in [0.25, 0.3) is 0 Å². The Morgan fingerprint density at radius 1 is 1.19 bits per heavy atom. The first-order valence-electron chi connectivity index (χ1n) is 8.64. The molecule has 1 heterocycles. The molecule has 1 aliphatic rings. The van der Waals surface area contributed by atoms with Crippen LogP contribution >= 0.6 is 12.2 Å². The van der Waals surface area contributed by atoms with E-state index < -0.39 is 5.41 Å². The SMILES string of the molecule is CCCC1CCCCN1C(=O)C(CCC)(CCC)C(N)=S. The van der Waals surface area contributed by atoms with Gasteiger partial charge in [0.2, 0.25) is 5.91 Å². The fraction of sp³-hybridized carbons (Fsp3) is 0.882. The van der Waals surface area contributed by atoms with E-state index in [4.69, 9.17) is 18.0 Å². The molecule has 1 fully saturated rings. The maximum atomic E-state index is 13.3. The summed E-state index contributed by atoms with van der Waals surface area (Å²) in [6.45, 7) is 7.28. The minimum Gasteiger partial charge on any atom is -0.392 e. The maximum Gasteiger partial charge on any atom is 0.235 e. The Bertz CT molecular complexity index is 349. The van der Waals surface area contributed by atoms with E-state index >= 15 is 0 Å². The number of hydrogen-bond acceptors (Lipinski definition) is 2. The maximum absolute atomic E-state index is 13.3. The third kappa shape index (κ3) is 4.18. The zero-order valence-corrected chi connectivity index (χ0v) is 14.8. The summed E-state index contributed by atoms with van der Waals surface area (Å²) in [5, 5.41) is 0. The van der Waals surface area contributed by atoms with Crippen LogP contribution in [0.1, 0.15) is 78.6 Å². The predicted molar refractivity (Wildman–Crippen MR) is 93.3 cm³/mol. The fourth-order valence-corrected chi connectivity index (χ4v) is 4.01. The van der Waals surface area contributed by atoms with E-state index in [1.54, 1.807) is 0 Å². The van der Waals surface area contributed by atoms with Crippen LogP contribution in [0.2, 0.25) is 0 Å². The summed E-state index contributed by atoms with van der Waals surface area (Å²) in [5.74, 6) is 0.205. The van der Waals surface area contributed by atoms with Crippen LogP contribution in [0.3, 0.4) is 0 Å². The second kappa shape index (κ2) is 8.72. The highest BCUT2D eigenvalue weighted by Crippen LogP contribution is 2.35. The van der Waals surface area contributed by atoms with Gasteiger partial charge < -0.3 is 10.6 Å². The minimum absolute atomic E-state index is 0.205. The first-order valence-corrected chi connectivity index (χ1v) is 9.05. The second-order valence-corrected chi connectivity index (χ2v) is 6.82. The number of amides is 1. The number of carbonyl (C=O) groups excluding carboxylic acids is 1. The van der Waals surface area contributed by atoms with E-state index in [9.17, 15) is 4.79 Å². The highest BCUT2D eigenvalue weighted by molar-refractivity contribution is 7.80. The summed E-state index contributed by atoms with van der Waals surface area (Å²) in [6, 6.07) is 0.388. The van der Waals surface area contributed by atoms with Crippen molar-refractivity contribution in [2.24, 2.45) is 11.1 Å². The molecule has 1 amide bonds. The Labute approximate surface area is 135 Å². The molecule has 0 aromatic carbocycles. The second-order valence-electron chi connectivity index (χ2n) is 6.38. The summed E-state index contributed by atoms with van der Waals surface area (Å²) in [6.07, 6.45) is 9.13. The zero-order chi connectivity index (χ0) is 15.9. The van der Waals surface area contributed by atoms with E-state index in [0.29, 0.717) is 11.0 Å². The van der Waals surface area contributed by atoms with Crippen LogP contribution < -0.4 is 5.73 Å². The Kier molecular flexibility index (Phi) is 7.64. The van der Waals surface area contributed by atoms with Crippen molar-refractivity contribution in [2.75, 3.05) is 6.54 Å². The topological polar surface area (TPSA) is 46.3 Å². The van der Waals surface area contributed by atoms with Gasteiger partial charge in [0.1, 0.15) is 0 Å². The molecule has 0 bridgehead atoms. The Morgan fingerprint density at radius 3 is 2.29 bits per heavy atom. The van der Waals surface area contributed by atoms with Crippen LogP contribution in [0.4, 0.5) is 0 Å². The molecule has 1 rings (SSSR count). The van der Waals surface area contributed by atoms with Crippen molar-refractivity contribution >= 4 is 23.1 Å². The van der Waals surface area contributed by atoms with Gasteiger partial charge in [0.15, 0.2) is 0 Å². The van der Waals surface area contributed by atoms with Crippen LogP contribution in [-0.2, 0) is 4.79 Å². The number of rotatable bonds is 8. The molecule has 1 saturated heterocycles. The molecule has 1 aliphatic heterocycles. The third-order valence-electron chi connectivity index (χ3n) is 4.74. The summed E-state index contributed by atoms with van der Waals surface area (Å²) in [7, 11) is 0. The monoisotopic (exact) mass is 312 g/mol. The summed E-state index contributed by atoms with van der Waals surface area (Å²) in [4.78, 5) is 15.8. The van der Waals surface area contributed by atoms with Crippen molar-refractivity contribution < 1.29 is 4.79 Å². The van der Waals surface area contributed by atoms with Crippen molar-refractivity contribution in [1.29, 1.82) is 0 Å². The fourth-order valence-electron chi connectivity index (χ4n) is 3.72. The van der Waals surface area contributed by atoms with Crippen molar-refractivity contribution in [3.05, 3.63) is 0 Å². The molecule has 3 nitrogen and oxygen atoms in total. The molecule has 0 spiro atoms. The molecule has 1 unspecified atom stereocenters. The lowest BCUT2D eigenvalue weighted by atomic mass is 9.76. The van der Waals surface area contributed by atoms with Crippen molar-refractivity contribution in [3.8, 4) is 0 Å². The molecule has 0 aromatic heterocycles.